The van der Waals surface area contributed by atoms with Gasteiger partial charge in [-0.3, -0.25) is 9.59 Å². The number of ether oxygens (including phenoxy) is 1. The number of piperidine rings is 1. The number of hydrogen-bond acceptors (Lipinski definition) is 6. The summed E-state index contributed by atoms with van der Waals surface area (Å²) in [5, 5.41) is 19.0. The highest BCUT2D eigenvalue weighted by Gasteiger charge is 2.35. The number of carbonyl (C=O) groups excluding carboxylic acids is 2. The number of aliphatic hydroxyl groups is 1. The highest BCUT2D eigenvalue weighted by molar-refractivity contribution is 5.94. The van der Waals surface area contributed by atoms with Crippen molar-refractivity contribution in [2.24, 2.45) is 0 Å². The van der Waals surface area contributed by atoms with E-state index in [1.165, 1.54) is 4.68 Å². The van der Waals surface area contributed by atoms with Crippen molar-refractivity contribution < 1.29 is 19.4 Å². The van der Waals surface area contributed by atoms with Crippen LogP contribution in [0.15, 0.2) is 30.5 Å². The molecule has 160 valence electrons. The molecule has 1 N–H and O–H groups in total. The first-order chi connectivity index (χ1) is 14.4. The Morgan fingerprint density at radius 2 is 1.80 bits per heavy atom. The number of rotatable bonds is 4. The largest absolute Gasteiger partial charge is 0.388 e. The van der Waals surface area contributed by atoms with Gasteiger partial charge in [-0.15, -0.1) is 5.10 Å². The first-order valence-corrected chi connectivity index (χ1v) is 10.3. The van der Waals surface area contributed by atoms with E-state index >= 15 is 0 Å². The predicted molar refractivity (Wildman–Crippen MR) is 108 cm³/mol. The third-order valence-corrected chi connectivity index (χ3v) is 5.76. The number of aryl methyl sites for hydroxylation is 1. The molecule has 1 aromatic carbocycles. The Morgan fingerprint density at radius 3 is 2.50 bits per heavy atom. The summed E-state index contributed by atoms with van der Waals surface area (Å²) in [6, 6.07) is 7.54. The van der Waals surface area contributed by atoms with E-state index in [4.69, 9.17) is 4.74 Å². The van der Waals surface area contributed by atoms with Crippen molar-refractivity contribution in [1.29, 1.82) is 0 Å². The molecule has 2 saturated heterocycles. The molecule has 0 radical (unpaired) electrons. The molecule has 30 heavy (non-hydrogen) atoms. The van der Waals surface area contributed by atoms with E-state index in [0.717, 1.165) is 5.56 Å². The maximum atomic E-state index is 12.7. The highest BCUT2D eigenvalue weighted by Crippen LogP contribution is 2.25. The first-order valence-electron chi connectivity index (χ1n) is 10.3. The van der Waals surface area contributed by atoms with Gasteiger partial charge in [-0.1, -0.05) is 22.9 Å². The Morgan fingerprint density at radius 1 is 1.10 bits per heavy atom. The van der Waals surface area contributed by atoms with Gasteiger partial charge in [0.15, 0.2) is 5.69 Å². The number of amides is 2. The van der Waals surface area contributed by atoms with Crippen LogP contribution in [0.5, 0.6) is 0 Å². The third kappa shape index (κ3) is 4.52. The second kappa shape index (κ2) is 8.53. The lowest BCUT2D eigenvalue weighted by Crippen LogP contribution is -2.48. The summed E-state index contributed by atoms with van der Waals surface area (Å²) in [4.78, 5) is 28.7. The van der Waals surface area contributed by atoms with Crippen LogP contribution in [0.25, 0.3) is 0 Å². The molecule has 4 rings (SSSR count). The van der Waals surface area contributed by atoms with Crippen molar-refractivity contribution in [3.8, 4) is 0 Å². The summed E-state index contributed by atoms with van der Waals surface area (Å²) >= 11 is 0. The quantitative estimate of drug-likeness (QED) is 0.793. The number of hydrogen-bond donors (Lipinski definition) is 1. The number of nitrogens with zero attached hydrogens (tertiary/aromatic N) is 5. The van der Waals surface area contributed by atoms with Crippen LogP contribution in [0.3, 0.4) is 0 Å². The zero-order valence-electron chi connectivity index (χ0n) is 17.2. The lowest BCUT2D eigenvalue weighted by Gasteiger charge is -2.38. The summed E-state index contributed by atoms with van der Waals surface area (Å²) in [5.74, 6) is -0.185. The minimum Gasteiger partial charge on any atom is -0.388 e. The van der Waals surface area contributed by atoms with Gasteiger partial charge in [0.1, 0.15) is 0 Å². The monoisotopic (exact) mass is 413 g/mol. The van der Waals surface area contributed by atoms with Crippen molar-refractivity contribution in [2.75, 3.05) is 39.4 Å². The normalized spacial score (nSPS) is 19.0. The minimum absolute atomic E-state index is 0.0140. The van der Waals surface area contributed by atoms with E-state index in [2.05, 4.69) is 10.3 Å². The molecule has 2 amide bonds. The molecule has 3 heterocycles. The Hall–Kier alpha value is -2.78. The number of benzene rings is 1. The molecule has 9 nitrogen and oxygen atoms in total. The third-order valence-electron chi connectivity index (χ3n) is 5.76. The van der Waals surface area contributed by atoms with E-state index in [0.29, 0.717) is 57.8 Å². The molecule has 2 aliphatic heterocycles. The van der Waals surface area contributed by atoms with Crippen molar-refractivity contribution in [1.82, 2.24) is 24.8 Å². The molecule has 9 heteroatoms. The van der Waals surface area contributed by atoms with Crippen LogP contribution in [-0.2, 0) is 11.3 Å². The van der Waals surface area contributed by atoms with Gasteiger partial charge >= 0.3 is 0 Å². The van der Waals surface area contributed by atoms with Crippen LogP contribution in [0.1, 0.15) is 39.3 Å². The van der Waals surface area contributed by atoms with Gasteiger partial charge in [0.2, 0.25) is 0 Å². The average molecular weight is 413 g/mol. The van der Waals surface area contributed by atoms with Crippen molar-refractivity contribution >= 4 is 11.8 Å². The molecule has 2 aromatic rings. The fourth-order valence-corrected chi connectivity index (χ4v) is 3.95. The Balaban J connectivity index is 1.34. The summed E-state index contributed by atoms with van der Waals surface area (Å²) in [6.07, 6.45) is 2.47. The van der Waals surface area contributed by atoms with Crippen LogP contribution in [-0.4, -0.2) is 86.7 Å². The van der Waals surface area contributed by atoms with Crippen molar-refractivity contribution in [3.05, 3.63) is 47.3 Å². The molecule has 0 unspecified atom stereocenters. The van der Waals surface area contributed by atoms with Gasteiger partial charge in [0.05, 0.1) is 31.6 Å². The molecule has 0 spiro atoms. The summed E-state index contributed by atoms with van der Waals surface area (Å²) < 4.78 is 6.79. The number of aromatic nitrogens is 3. The number of carbonyl (C=O) groups is 2. The van der Waals surface area contributed by atoms with E-state index in [9.17, 15) is 14.7 Å². The van der Waals surface area contributed by atoms with Crippen molar-refractivity contribution in [2.45, 2.75) is 31.9 Å². The molecule has 2 fully saturated rings. The zero-order valence-corrected chi connectivity index (χ0v) is 17.2. The topological polar surface area (TPSA) is 101 Å². The molecule has 0 atom stereocenters. The average Bonchev–Trinajstić information content (AvgIpc) is 3.21. The Kier molecular flexibility index (Phi) is 5.83. The van der Waals surface area contributed by atoms with Gasteiger partial charge in [-0.05, 0) is 31.9 Å². The Bertz CT molecular complexity index is 914. The lowest BCUT2D eigenvalue weighted by molar-refractivity contribution is -0.0318. The lowest BCUT2D eigenvalue weighted by atomic mass is 9.91. The van der Waals surface area contributed by atoms with E-state index < -0.39 is 5.60 Å². The van der Waals surface area contributed by atoms with Gasteiger partial charge in [-0.2, -0.15) is 0 Å². The maximum Gasteiger partial charge on any atom is 0.276 e. The minimum atomic E-state index is -0.990. The first kappa shape index (κ1) is 20.5. The number of likely N-dealkylation sites (tertiary alicyclic amines) is 1. The molecule has 1 aromatic heterocycles. The number of morpholine rings is 1. The van der Waals surface area contributed by atoms with Crippen LogP contribution in [0.4, 0.5) is 0 Å². The van der Waals surface area contributed by atoms with Crippen LogP contribution >= 0.6 is 0 Å². The molecule has 0 saturated carbocycles. The van der Waals surface area contributed by atoms with E-state index in [-0.39, 0.29) is 24.1 Å². The van der Waals surface area contributed by atoms with E-state index in [1.54, 1.807) is 16.0 Å². The second-order valence-electron chi connectivity index (χ2n) is 8.09. The summed E-state index contributed by atoms with van der Waals surface area (Å²) in [7, 11) is 0. The molecular formula is C21H27N5O4. The Labute approximate surface area is 175 Å². The van der Waals surface area contributed by atoms with Crippen LogP contribution < -0.4 is 0 Å². The van der Waals surface area contributed by atoms with Crippen LogP contribution in [0.2, 0.25) is 0 Å². The predicted octanol–water partition coefficient (Wildman–Crippen LogP) is 0.726. The molecular weight excluding hydrogens is 386 g/mol. The second-order valence-corrected chi connectivity index (χ2v) is 8.09. The van der Waals surface area contributed by atoms with Gasteiger partial charge in [0, 0.05) is 31.7 Å². The van der Waals surface area contributed by atoms with Gasteiger partial charge < -0.3 is 19.6 Å². The molecule has 0 bridgehead atoms. The fourth-order valence-electron chi connectivity index (χ4n) is 3.95. The van der Waals surface area contributed by atoms with Gasteiger partial charge in [0.25, 0.3) is 11.8 Å². The maximum absolute atomic E-state index is 12.7. The highest BCUT2D eigenvalue weighted by atomic mass is 16.5. The molecule has 0 aliphatic carbocycles. The van der Waals surface area contributed by atoms with Crippen LogP contribution in [0, 0.1) is 6.92 Å². The fraction of sp³-hybridized carbons (Fsp3) is 0.524. The van der Waals surface area contributed by atoms with E-state index in [1.807, 2.05) is 31.2 Å². The zero-order chi connectivity index (χ0) is 21.1. The summed E-state index contributed by atoms with van der Waals surface area (Å²) in [6.45, 7) is 5.27. The standard InChI is InChI=1S/C21H27N5O4/c1-16-3-2-4-17(13-16)19(27)24-7-5-21(29,6-8-24)15-26-14-18(22-23-26)20(28)25-9-11-30-12-10-25/h2-4,13-14,29H,5-12,15H2,1H3. The van der Waals surface area contributed by atoms with Crippen molar-refractivity contribution in [3.63, 3.8) is 0 Å². The SMILES string of the molecule is Cc1cccc(C(=O)N2CCC(O)(Cn3cc(C(=O)N4CCOCC4)nn3)CC2)c1. The summed E-state index contributed by atoms with van der Waals surface area (Å²) in [5.41, 5.74) is 0.995. The van der Waals surface area contributed by atoms with Gasteiger partial charge in [-0.25, -0.2) is 4.68 Å². The smallest absolute Gasteiger partial charge is 0.276 e. The molecule has 2 aliphatic rings.